The van der Waals surface area contributed by atoms with E-state index in [0.29, 0.717) is 32.1 Å². The molecule has 0 bridgehead atoms. The van der Waals surface area contributed by atoms with Gasteiger partial charge < -0.3 is 10.1 Å². The summed E-state index contributed by atoms with van der Waals surface area (Å²) in [4.78, 5) is 16.2. The van der Waals surface area contributed by atoms with Gasteiger partial charge in [0, 0.05) is 37.5 Å². The monoisotopic (exact) mass is 314 g/mol. The minimum atomic E-state index is 0.0494. The van der Waals surface area contributed by atoms with Crippen LogP contribution in [-0.4, -0.2) is 39.9 Å². The number of aryl methyl sites for hydroxylation is 2. The Bertz CT molecular complexity index is 641. The van der Waals surface area contributed by atoms with Crippen LogP contribution >= 0.6 is 0 Å². The minimum absolute atomic E-state index is 0.0494. The molecule has 1 amide bonds. The first kappa shape index (κ1) is 15.7. The fourth-order valence-electron chi connectivity index (χ4n) is 2.86. The van der Waals surface area contributed by atoms with E-state index in [1.54, 1.807) is 17.1 Å². The molecular formula is C17H22N4O2. The Labute approximate surface area is 135 Å². The van der Waals surface area contributed by atoms with Crippen molar-refractivity contribution in [1.82, 2.24) is 20.1 Å². The first-order valence-electron chi connectivity index (χ1n) is 7.97. The Morgan fingerprint density at radius 2 is 2.17 bits per heavy atom. The van der Waals surface area contributed by atoms with Crippen LogP contribution in [0.1, 0.15) is 17.7 Å². The molecule has 0 aliphatic carbocycles. The predicted octanol–water partition coefficient (Wildman–Crippen LogP) is 1.35. The number of aromatic nitrogens is 3. The molecule has 3 heterocycles. The molecule has 0 aromatic carbocycles. The molecule has 6 heteroatoms. The zero-order valence-corrected chi connectivity index (χ0v) is 13.3. The number of rotatable bonds is 6. The highest BCUT2D eigenvalue weighted by atomic mass is 16.5. The summed E-state index contributed by atoms with van der Waals surface area (Å²) in [5.74, 6) is 0.363. The van der Waals surface area contributed by atoms with Crippen LogP contribution in [0.3, 0.4) is 0 Å². The lowest BCUT2D eigenvalue weighted by Crippen LogP contribution is -2.40. The third kappa shape index (κ3) is 4.39. The summed E-state index contributed by atoms with van der Waals surface area (Å²) < 4.78 is 7.36. The number of nitrogens with zero attached hydrogens (tertiary/aromatic N) is 3. The molecule has 1 N–H and O–H groups in total. The molecule has 2 aromatic heterocycles. The third-order valence-electron chi connectivity index (χ3n) is 4.13. The summed E-state index contributed by atoms with van der Waals surface area (Å²) in [6.07, 6.45) is 6.81. The lowest BCUT2D eigenvalue weighted by atomic mass is 9.95. The maximum atomic E-state index is 12.2. The molecule has 2 atom stereocenters. The van der Waals surface area contributed by atoms with Crippen LogP contribution in [-0.2, 0) is 22.5 Å². The van der Waals surface area contributed by atoms with Crippen molar-refractivity contribution >= 4 is 5.91 Å². The summed E-state index contributed by atoms with van der Waals surface area (Å²) >= 11 is 0. The number of hydrogen-bond acceptors (Lipinski definition) is 4. The summed E-state index contributed by atoms with van der Waals surface area (Å²) in [5.41, 5.74) is 2.19. The Morgan fingerprint density at radius 3 is 2.91 bits per heavy atom. The molecule has 1 aliphatic rings. The number of pyridine rings is 1. The Balaban J connectivity index is 1.48. The third-order valence-corrected chi connectivity index (χ3v) is 4.13. The van der Waals surface area contributed by atoms with E-state index in [0.717, 1.165) is 12.1 Å². The van der Waals surface area contributed by atoms with Crippen molar-refractivity contribution < 1.29 is 9.53 Å². The van der Waals surface area contributed by atoms with E-state index < -0.39 is 0 Å². The molecule has 0 spiro atoms. The van der Waals surface area contributed by atoms with Crippen LogP contribution in [0.15, 0.2) is 36.8 Å². The van der Waals surface area contributed by atoms with Gasteiger partial charge in [-0.2, -0.15) is 5.10 Å². The fraction of sp³-hybridized carbons (Fsp3) is 0.471. The van der Waals surface area contributed by atoms with Gasteiger partial charge in [0.15, 0.2) is 0 Å². The van der Waals surface area contributed by atoms with Crippen molar-refractivity contribution in [2.75, 3.05) is 13.2 Å². The summed E-state index contributed by atoms with van der Waals surface area (Å²) in [7, 11) is 0. The van der Waals surface area contributed by atoms with Gasteiger partial charge in [-0.3, -0.25) is 14.5 Å². The van der Waals surface area contributed by atoms with Crippen molar-refractivity contribution in [2.45, 2.75) is 32.4 Å². The van der Waals surface area contributed by atoms with Gasteiger partial charge in [-0.25, -0.2) is 0 Å². The number of hydrogen-bond donors (Lipinski definition) is 1. The number of carbonyl (C=O) groups is 1. The molecule has 1 saturated heterocycles. The normalized spacial score (nSPS) is 20.6. The first-order chi connectivity index (χ1) is 11.2. The number of ether oxygens (including phenoxy) is 1. The van der Waals surface area contributed by atoms with Gasteiger partial charge in [-0.1, -0.05) is 0 Å². The van der Waals surface area contributed by atoms with Gasteiger partial charge in [0.2, 0.25) is 5.91 Å². The van der Waals surface area contributed by atoms with Crippen molar-refractivity contribution in [1.29, 1.82) is 0 Å². The van der Waals surface area contributed by atoms with E-state index in [1.807, 2.05) is 31.3 Å². The zero-order chi connectivity index (χ0) is 16.1. The topological polar surface area (TPSA) is 69.0 Å². The van der Waals surface area contributed by atoms with Crippen LogP contribution < -0.4 is 5.32 Å². The van der Waals surface area contributed by atoms with Crippen molar-refractivity contribution in [3.05, 3.63) is 48.0 Å². The molecule has 2 unspecified atom stereocenters. The SMILES string of the molecule is Cc1ccn(CCC(=O)NC2COCC2Cc2ccncc2)n1. The highest BCUT2D eigenvalue weighted by molar-refractivity contribution is 5.76. The highest BCUT2D eigenvalue weighted by Crippen LogP contribution is 2.19. The molecule has 0 radical (unpaired) electrons. The second kappa shape index (κ2) is 7.37. The smallest absolute Gasteiger partial charge is 0.222 e. The number of nitrogens with one attached hydrogen (secondary N) is 1. The molecule has 6 nitrogen and oxygen atoms in total. The summed E-state index contributed by atoms with van der Waals surface area (Å²) in [6.45, 7) is 3.81. The number of carbonyl (C=O) groups excluding carboxylic acids is 1. The van der Waals surface area contributed by atoms with Gasteiger partial charge in [0.05, 0.1) is 24.9 Å². The van der Waals surface area contributed by atoms with Crippen LogP contribution in [0.2, 0.25) is 0 Å². The number of amides is 1. The lowest BCUT2D eigenvalue weighted by Gasteiger charge is -2.19. The Hall–Kier alpha value is -2.21. The van der Waals surface area contributed by atoms with E-state index >= 15 is 0 Å². The maximum Gasteiger partial charge on any atom is 0.222 e. The van der Waals surface area contributed by atoms with Crippen LogP contribution in [0.4, 0.5) is 0 Å². The molecule has 3 rings (SSSR count). The second-order valence-corrected chi connectivity index (χ2v) is 6.00. The fourth-order valence-corrected chi connectivity index (χ4v) is 2.86. The first-order valence-corrected chi connectivity index (χ1v) is 7.97. The van der Waals surface area contributed by atoms with Gasteiger partial charge >= 0.3 is 0 Å². The summed E-state index contributed by atoms with van der Waals surface area (Å²) in [5, 5.41) is 7.40. The van der Waals surface area contributed by atoms with Gasteiger partial charge in [-0.15, -0.1) is 0 Å². The molecule has 2 aromatic rings. The van der Waals surface area contributed by atoms with Crippen LogP contribution in [0.5, 0.6) is 0 Å². The molecule has 23 heavy (non-hydrogen) atoms. The second-order valence-electron chi connectivity index (χ2n) is 6.00. The van der Waals surface area contributed by atoms with Crippen molar-refractivity contribution in [3.8, 4) is 0 Å². The quantitative estimate of drug-likeness (QED) is 0.874. The van der Waals surface area contributed by atoms with E-state index in [4.69, 9.17) is 4.74 Å². The molecule has 0 saturated carbocycles. The van der Waals surface area contributed by atoms with Crippen LogP contribution in [0, 0.1) is 12.8 Å². The average Bonchev–Trinajstić information content (AvgIpc) is 3.16. The average molecular weight is 314 g/mol. The van der Waals surface area contributed by atoms with Crippen molar-refractivity contribution in [3.63, 3.8) is 0 Å². The zero-order valence-electron chi connectivity index (χ0n) is 13.3. The predicted molar refractivity (Wildman–Crippen MR) is 85.8 cm³/mol. The molecular weight excluding hydrogens is 292 g/mol. The summed E-state index contributed by atoms with van der Waals surface area (Å²) in [6, 6.07) is 6.04. The van der Waals surface area contributed by atoms with Gasteiger partial charge in [0.1, 0.15) is 0 Å². The Kier molecular flexibility index (Phi) is 5.02. The van der Waals surface area contributed by atoms with E-state index in [-0.39, 0.29) is 11.9 Å². The largest absolute Gasteiger partial charge is 0.379 e. The van der Waals surface area contributed by atoms with E-state index in [9.17, 15) is 4.79 Å². The highest BCUT2D eigenvalue weighted by Gasteiger charge is 2.29. The minimum Gasteiger partial charge on any atom is -0.379 e. The van der Waals surface area contributed by atoms with E-state index in [2.05, 4.69) is 15.4 Å². The Morgan fingerprint density at radius 1 is 1.35 bits per heavy atom. The molecule has 122 valence electrons. The maximum absolute atomic E-state index is 12.2. The van der Waals surface area contributed by atoms with E-state index in [1.165, 1.54) is 5.56 Å². The van der Waals surface area contributed by atoms with Crippen LogP contribution in [0.25, 0.3) is 0 Å². The molecule has 1 fully saturated rings. The van der Waals surface area contributed by atoms with Gasteiger partial charge in [-0.05, 0) is 37.1 Å². The lowest BCUT2D eigenvalue weighted by molar-refractivity contribution is -0.122. The molecule has 1 aliphatic heterocycles. The van der Waals surface area contributed by atoms with Crippen molar-refractivity contribution in [2.24, 2.45) is 5.92 Å². The standard InChI is InChI=1S/C17H22N4O2/c1-13-4-8-21(20-13)9-5-17(22)19-16-12-23-11-15(16)10-14-2-6-18-7-3-14/h2-4,6-8,15-16H,5,9-12H2,1H3,(H,19,22). The van der Waals surface area contributed by atoms with Gasteiger partial charge in [0.25, 0.3) is 0 Å².